The fourth-order valence-corrected chi connectivity index (χ4v) is 5.95. The number of benzene rings is 1. The average Bonchev–Trinajstić information content (AvgIpc) is 3.54. The molecule has 2 aliphatic heterocycles. The predicted molar refractivity (Wildman–Crippen MR) is 132 cm³/mol. The van der Waals surface area contributed by atoms with Crippen molar-refractivity contribution >= 4 is 22.8 Å². The Bertz CT molecular complexity index is 1020. The van der Waals surface area contributed by atoms with Gasteiger partial charge in [0.05, 0.1) is 31.0 Å². The van der Waals surface area contributed by atoms with Gasteiger partial charge in [-0.15, -0.1) is 0 Å². The first kappa shape index (κ1) is 23.3. The Morgan fingerprint density at radius 1 is 1.18 bits per heavy atom. The number of fused-ring (bicyclic) bond motifs is 1. The molecule has 1 N–H and O–H groups in total. The largest absolute Gasteiger partial charge is 0.494 e. The molecule has 0 spiro atoms. The van der Waals surface area contributed by atoms with Gasteiger partial charge < -0.3 is 19.7 Å². The highest BCUT2D eigenvalue weighted by molar-refractivity contribution is 5.87. The van der Waals surface area contributed by atoms with Crippen LogP contribution in [0.25, 0.3) is 10.9 Å². The molecule has 8 nitrogen and oxygen atoms in total. The van der Waals surface area contributed by atoms with Gasteiger partial charge in [-0.25, -0.2) is 9.97 Å². The Hall–Kier alpha value is -2.45. The summed E-state index contributed by atoms with van der Waals surface area (Å²) in [6.45, 7) is 9.61. The molecule has 1 aliphatic carbocycles. The van der Waals surface area contributed by atoms with Gasteiger partial charge in [-0.2, -0.15) is 0 Å². The Kier molecular flexibility index (Phi) is 6.88. The third kappa shape index (κ3) is 4.58. The van der Waals surface area contributed by atoms with E-state index in [0.717, 1.165) is 80.9 Å². The van der Waals surface area contributed by atoms with E-state index in [1.807, 2.05) is 32.0 Å². The maximum absolute atomic E-state index is 13.4. The van der Waals surface area contributed by atoms with Crippen molar-refractivity contribution < 1.29 is 14.3 Å². The zero-order valence-corrected chi connectivity index (χ0v) is 20.5. The van der Waals surface area contributed by atoms with Crippen molar-refractivity contribution in [2.75, 3.05) is 50.9 Å². The van der Waals surface area contributed by atoms with Crippen LogP contribution in [0, 0.1) is 6.92 Å². The molecule has 1 aromatic carbocycles. The number of carbonyl (C=O) groups is 1. The lowest BCUT2D eigenvalue weighted by molar-refractivity contribution is -0.123. The molecule has 3 aliphatic rings. The lowest BCUT2D eigenvalue weighted by Crippen LogP contribution is -2.58. The smallest absolute Gasteiger partial charge is 0.242 e. The lowest BCUT2D eigenvalue weighted by atomic mass is 9.94. The number of aryl methyl sites for hydroxylation is 1. The minimum Gasteiger partial charge on any atom is -0.494 e. The number of ether oxygens (including phenoxy) is 2. The first-order chi connectivity index (χ1) is 16.6. The number of rotatable bonds is 7. The Labute approximate surface area is 202 Å². The van der Waals surface area contributed by atoms with Crippen molar-refractivity contribution in [3.8, 4) is 5.75 Å². The van der Waals surface area contributed by atoms with Gasteiger partial charge in [-0.1, -0.05) is 12.8 Å². The Morgan fingerprint density at radius 2 is 1.97 bits per heavy atom. The standard InChI is InChI=1S/C26H37N5O3/c1-3-34-20-8-9-22-21(17-20)19(2)28-25(29-22)31-12-6-7-23(31)24(32)27-18-26(10-4-5-11-26)30-13-15-33-16-14-30/h8-9,17,23H,3-7,10-16,18H2,1-2H3,(H,27,32). The number of anilines is 1. The molecular formula is C26H37N5O3. The van der Waals surface area contributed by atoms with Crippen molar-refractivity contribution in [3.63, 3.8) is 0 Å². The average molecular weight is 468 g/mol. The van der Waals surface area contributed by atoms with Crippen LogP contribution in [-0.4, -0.2) is 78.4 Å². The van der Waals surface area contributed by atoms with Crippen molar-refractivity contribution in [2.45, 2.75) is 64.0 Å². The SMILES string of the molecule is CCOc1ccc2nc(N3CCCC3C(=O)NCC3(N4CCOCC4)CCCC3)nc(C)c2c1. The molecule has 8 heteroatoms. The highest BCUT2D eigenvalue weighted by Crippen LogP contribution is 2.35. The number of carbonyl (C=O) groups excluding carboxylic acids is 1. The monoisotopic (exact) mass is 467 g/mol. The molecule has 1 atom stereocenters. The van der Waals surface area contributed by atoms with Gasteiger partial charge in [0.2, 0.25) is 11.9 Å². The summed E-state index contributed by atoms with van der Waals surface area (Å²) in [4.78, 5) is 27.7. The topological polar surface area (TPSA) is 79.8 Å². The summed E-state index contributed by atoms with van der Waals surface area (Å²) >= 11 is 0. The molecule has 1 unspecified atom stereocenters. The van der Waals surface area contributed by atoms with E-state index >= 15 is 0 Å². The van der Waals surface area contributed by atoms with Gasteiger partial charge in [-0.05, 0) is 57.7 Å². The normalized spacial score (nSPS) is 22.9. The van der Waals surface area contributed by atoms with Crippen LogP contribution in [-0.2, 0) is 9.53 Å². The number of amides is 1. The second kappa shape index (κ2) is 10.0. The van der Waals surface area contributed by atoms with Crippen molar-refractivity contribution in [1.82, 2.24) is 20.2 Å². The molecule has 5 rings (SSSR count). The zero-order valence-electron chi connectivity index (χ0n) is 20.5. The number of hydrogen-bond donors (Lipinski definition) is 1. The van der Waals surface area contributed by atoms with Gasteiger partial charge in [0.25, 0.3) is 0 Å². The van der Waals surface area contributed by atoms with Crippen LogP contribution in [0.15, 0.2) is 18.2 Å². The molecule has 3 fully saturated rings. The zero-order chi connectivity index (χ0) is 23.5. The third-order valence-electron chi connectivity index (χ3n) is 7.78. The van der Waals surface area contributed by atoms with Crippen LogP contribution in [0.5, 0.6) is 5.75 Å². The van der Waals surface area contributed by atoms with Crippen LogP contribution in [0.1, 0.15) is 51.1 Å². The molecule has 0 radical (unpaired) electrons. The van der Waals surface area contributed by atoms with E-state index in [-0.39, 0.29) is 17.5 Å². The van der Waals surface area contributed by atoms with Crippen LogP contribution >= 0.6 is 0 Å². The maximum atomic E-state index is 13.4. The summed E-state index contributed by atoms with van der Waals surface area (Å²) in [6, 6.07) is 5.71. The molecule has 34 heavy (non-hydrogen) atoms. The van der Waals surface area contributed by atoms with E-state index in [4.69, 9.17) is 19.4 Å². The van der Waals surface area contributed by atoms with Gasteiger partial charge in [0.15, 0.2) is 0 Å². The summed E-state index contributed by atoms with van der Waals surface area (Å²) in [5, 5.41) is 4.33. The van der Waals surface area contributed by atoms with Crippen LogP contribution in [0.4, 0.5) is 5.95 Å². The van der Waals surface area contributed by atoms with E-state index in [0.29, 0.717) is 19.1 Å². The summed E-state index contributed by atoms with van der Waals surface area (Å²) in [5.41, 5.74) is 1.87. The van der Waals surface area contributed by atoms with Gasteiger partial charge in [0, 0.05) is 37.1 Å². The van der Waals surface area contributed by atoms with E-state index in [2.05, 4.69) is 15.1 Å². The number of aromatic nitrogens is 2. The highest BCUT2D eigenvalue weighted by atomic mass is 16.5. The summed E-state index contributed by atoms with van der Waals surface area (Å²) in [7, 11) is 0. The second-order valence-corrected chi connectivity index (χ2v) is 9.82. The summed E-state index contributed by atoms with van der Waals surface area (Å²) < 4.78 is 11.2. The summed E-state index contributed by atoms with van der Waals surface area (Å²) in [5.74, 6) is 1.58. The van der Waals surface area contributed by atoms with Gasteiger partial charge >= 0.3 is 0 Å². The van der Waals surface area contributed by atoms with Gasteiger partial charge in [0.1, 0.15) is 11.8 Å². The maximum Gasteiger partial charge on any atom is 0.242 e. The third-order valence-corrected chi connectivity index (χ3v) is 7.78. The molecule has 2 aromatic rings. The lowest BCUT2D eigenvalue weighted by Gasteiger charge is -2.43. The minimum absolute atomic E-state index is 0.0805. The Morgan fingerprint density at radius 3 is 2.74 bits per heavy atom. The quantitative estimate of drug-likeness (QED) is 0.670. The first-order valence-electron chi connectivity index (χ1n) is 12.9. The van der Waals surface area contributed by atoms with Crippen LogP contribution in [0.3, 0.4) is 0 Å². The minimum atomic E-state index is -0.220. The highest BCUT2D eigenvalue weighted by Gasteiger charge is 2.41. The van der Waals surface area contributed by atoms with Crippen molar-refractivity contribution in [2.24, 2.45) is 0 Å². The van der Waals surface area contributed by atoms with Gasteiger partial charge in [-0.3, -0.25) is 9.69 Å². The molecule has 1 saturated carbocycles. The second-order valence-electron chi connectivity index (χ2n) is 9.82. The van der Waals surface area contributed by atoms with E-state index in [1.54, 1.807) is 0 Å². The number of morpholine rings is 1. The number of nitrogens with zero attached hydrogens (tertiary/aromatic N) is 4. The Balaban J connectivity index is 1.31. The van der Waals surface area contributed by atoms with Crippen LogP contribution in [0.2, 0.25) is 0 Å². The first-order valence-corrected chi connectivity index (χ1v) is 12.9. The predicted octanol–water partition coefficient (Wildman–Crippen LogP) is 3.07. The number of hydrogen-bond acceptors (Lipinski definition) is 7. The molecule has 3 heterocycles. The van der Waals surface area contributed by atoms with E-state index < -0.39 is 0 Å². The van der Waals surface area contributed by atoms with E-state index in [1.165, 1.54) is 12.8 Å². The number of nitrogens with one attached hydrogen (secondary N) is 1. The molecule has 1 amide bonds. The molecule has 184 valence electrons. The van der Waals surface area contributed by atoms with Crippen molar-refractivity contribution in [1.29, 1.82) is 0 Å². The molecule has 1 aromatic heterocycles. The fourth-order valence-electron chi connectivity index (χ4n) is 5.95. The molecular weight excluding hydrogens is 430 g/mol. The van der Waals surface area contributed by atoms with E-state index in [9.17, 15) is 4.79 Å². The molecule has 0 bridgehead atoms. The molecule has 2 saturated heterocycles. The fraction of sp³-hybridized carbons (Fsp3) is 0.654. The summed E-state index contributed by atoms with van der Waals surface area (Å²) in [6.07, 6.45) is 6.57. The van der Waals surface area contributed by atoms with Crippen LogP contribution < -0.4 is 15.0 Å². The van der Waals surface area contributed by atoms with Crippen molar-refractivity contribution in [3.05, 3.63) is 23.9 Å².